The molecule has 0 radical (unpaired) electrons. The molecule has 112 valence electrons. The first-order valence-electron chi connectivity index (χ1n) is 7.88. The normalized spacial score (nSPS) is 15.9. The molecule has 2 heteroatoms. The van der Waals surface area contributed by atoms with Gasteiger partial charge in [0.2, 0.25) is 0 Å². The van der Waals surface area contributed by atoms with Crippen LogP contribution in [0.5, 0.6) is 11.5 Å². The predicted octanol–water partition coefficient (Wildman–Crippen LogP) is 6.25. The Kier molecular flexibility index (Phi) is 2.55. The van der Waals surface area contributed by atoms with Gasteiger partial charge < -0.3 is 4.74 Å². The fourth-order valence-electron chi connectivity index (χ4n) is 3.77. The first kappa shape index (κ1) is 13.3. The van der Waals surface area contributed by atoms with E-state index < -0.39 is 0 Å². The van der Waals surface area contributed by atoms with Crippen LogP contribution in [0.1, 0.15) is 25.0 Å². The standard InChI is InChI=1S/C21H16OS/c1-21(2)14-8-4-3-7-13(14)19-15(21)11-12-18-20(19)22-16-9-5-6-10-17(16)23-18/h3-12H,1-2H3. The van der Waals surface area contributed by atoms with Crippen LogP contribution in [0.15, 0.2) is 70.5 Å². The van der Waals surface area contributed by atoms with Crippen molar-refractivity contribution in [2.75, 3.05) is 0 Å². The molecule has 0 bridgehead atoms. The zero-order valence-corrected chi connectivity index (χ0v) is 13.9. The van der Waals surface area contributed by atoms with E-state index >= 15 is 0 Å². The van der Waals surface area contributed by atoms with Crippen LogP contribution < -0.4 is 4.74 Å². The molecule has 0 N–H and O–H groups in total. The molecule has 1 heterocycles. The second-order valence-corrected chi connectivity index (χ2v) is 7.72. The minimum atomic E-state index is 0.0198. The Balaban J connectivity index is 1.80. The van der Waals surface area contributed by atoms with Gasteiger partial charge in [-0.3, -0.25) is 0 Å². The molecular formula is C21H16OS. The van der Waals surface area contributed by atoms with E-state index in [9.17, 15) is 0 Å². The summed E-state index contributed by atoms with van der Waals surface area (Å²) in [5.41, 5.74) is 5.34. The quantitative estimate of drug-likeness (QED) is 0.379. The number of hydrogen-bond donors (Lipinski definition) is 0. The van der Waals surface area contributed by atoms with Gasteiger partial charge in [-0.2, -0.15) is 0 Å². The molecule has 1 nitrogen and oxygen atoms in total. The molecule has 3 aromatic carbocycles. The predicted molar refractivity (Wildman–Crippen MR) is 94.6 cm³/mol. The minimum Gasteiger partial charge on any atom is -0.454 e. The van der Waals surface area contributed by atoms with Crippen LogP contribution in [0, 0.1) is 0 Å². The van der Waals surface area contributed by atoms with Crippen molar-refractivity contribution in [2.45, 2.75) is 29.1 Å². The lowest BCUT2D eigenvalue weighted by Crippen LogP contribution is -2.14. The van der Waals surface area contributed by atoms with E-state index in [4.69, 9.17) is 4.74 Å². The summed E-state index contributed by atoms with van der Waals surface area (Å²) in [6.07, 6.45) is 0. The number of rotatable bonds is 0. The molecule has 0 saturated carbocycles. The van der Waals surface area contributed by atoms with Gasteiger partial charge in [0.1, 0.15) is 11.5 Å². The Morgan fingerprint density at radius 3 is 2.48 bits per heavy atom. The highest BCUT2D eigenvalue weighted by Gasteiger charge is 2.38. The topological polar surface area (TPSA) is 9.23 Å². The Morgan fingerprint density at radius 2 is 1.57 bits per heavy atom. The van der Waals surface area contributed by atoms with Crippen molar-refractivity contribution in [3.8, 4) is 22.6 Å². The summed E-state index contributed by atoms with van der Waals surface area (Å²) in [6.45, 7) is 4.60. The van der Waals surface area contributed by atoms with E-state index in [1.807, 2.05) is 6.07 Å². The van der Waals surface area contributed by atoms with Crippen LogP contribution in [0.2, 0.25) is 0 Å². The van der Waals surface area contributed by atoms with Gasteiger partial charge in [-0.15, -0.1) is 0 Å². The maximum absolute atomic E-state index is 6.35. The average molecular weight is 316 g/mol. The lowest BCUT2D eigenvalue weighted by molar-refractivity contribution is 0.455. The maximum Gasteiger partial charge on any atom is 0.149 e. The van der Waals surface area contributed by atoms with Crippen LogP contribution in [-0.4, -0.2) is 0 Å². The van der Waals surface area contributed by atoms with Gasteiger partial charge in [-0.1, -0.05) is 68.1 Å². The van der Waals surface area contributed by atoms with Gasteiger partial charge in [0.05, 0.1) is 9.79 Å². The molecule has 0 fully saturated rings. The summed E-state index contributed by atoms with van der Waals surface area (Å²) in [7, 11) is 0. The van der Waals surface area contributed by atoms with Gasteiger partial charge >= 0.3 is 0 Å². The molecule has 0 amide bonds. The third-order valence-corrected chi connectivity index (χ3v) is 6.04. The second-order valence-electron chi connectivity index (χ2n) is 6.64. The van der Waals surface area contributed by atoms with Crippen LogP contribution in [-0.2, 0) is 5.41 Å². The summed E-state index contributed by atoms with van der Waals surface area (Å²) in [4.78, 5) is 2.39. The van der Waals surface area contributed by atoms with Crippen molar-refractivity contribution in [1.29, 1.82) is 0 Å². The molecule has 0 saturated heterocycles. The van der Waals surface area contributed by atoms with E-state index in [0.717, 1.165) is 11.5 Å². The molecule has 0 aromatic heterocycles. The van der Waals surface area contributed by atoms with Crippen molar-refractivity contribution in [1.82, 2.24) is 0 Å². The van der Waals surface area contributed by atoms with E-state index in [0.29, 0.717) is 0 Å². The molecular weight excluding hydrogens is 300 g/mol. The zero-order valence-electron chi connectivity index (χ0n) is 13.1. The number of fused-ring (bicyclic) bond motifs is 6. The average Bonchev–Trinajstić information content (AvgIpc) is 2.81. The summed E-state index contributed by atoms with van der Waals surface area (Å²) >= 11 is 1.80. The van der Waals surface area contributed by atoms with Crippen molar-refractivity contribution < 1.29 is 4.74 Å². The third kappa shape index (κ3) is 1.70. The molecule has 1 aliphatic heterocycles. The second kappa shape index (κ2) is 4.42. The fraction of sp³-hybridized carbons (Fsp3) is 0.143. The summed E-state index contributed by atoms with van der Waals surface area (Å²) in [5.74, 6) is 1.98. The fourth-order valence-corrected chi connectivity index (χ4v) is 4.74. The molecule has 0 unspecified atom stereocenters. The number of para-hydroxylation sites is 1. The number of ether oxygens (including phenoxy) is 1. The lowest BCUT2D eigenvalue weighted by Gasteiger charge is -2.24. The summed E-state index contributed by atoms with van der Waals surface area (Å²) in [5, 5.41) is 0. The van der Waals surface area contributed by atoms with Crippen molar-refractivity contribution in [3.63, 3.8) is 0 Å². The Bertz CT molecular complexity index is 956. The Labute approximate surface area is 140 Å². The largest absolute Gasteiger partial charge is 0.454 e. The summed E-state index contributed by atoms with van der Waals surface area (Å²) in [6, 6.07) is 21.5. The lowest BCUT2D eigenvalue weighted by atomic mass is 9.82. The van der Waals surface area contributed by atoms with Crippen LogP contribution in [0.3, 0.4) is 0 Å². The van der Waals surface area contributed by atoms with Crippen LogP contribution in [0.25, 0.3) is 11.1 Å². The van der Waals surface area contributed by atoms with E-state index in [1.165, 1.54) is 32.0 Å². The van der Waals surface area contributed by atoms with E-state index in [1.54, 1.807) is 11.8 Å². The molecule has 5 rings (SSSR count). The monoisotopic (exact) mass is 316 g/mol. The summed E-state index contributed by atoms with van der Waals surface area (Å²) < 4.78 is 6.35. The van der Waals surface area contributed by atoms with Gasteiger partial charge in [0.15, 0.2) is 0 Å². The molecule has 2 aliphatic rings. The van der Waals surface area contributed by atoms with E-state index in [-0.39, 0.29) is 5.41 Å². The number of hydrogen-bond acceptors (Lipinski definition) is 2. The minimum absolute atomic E-state index is 0.0198. The molecule has 0 atom stereocenters. The molecule has 0 spiro atoms. The highest BCUT2D eigenvalue weighted by molar-refractivity contribution is 7.99. The highest BCUT2D eigenvalue weighted by atomic mass is 32.2. The van der Waals surface area contributed by atoms with Crippen molar-refractivity contribution in [2.24, 2.45) is 0 Å². The van der Waals surface area contributed by atoms with Crippen molar-refractivity contribution in [3.05, 3.63) is 71.8 Å². The Hall–Kier alpha value is -2.19. The molecule has 3 aromatic rings. The highest BCUT2D eigenvalue weighted by Crippen LogP contribution is 2.58. The van der Waals surface area contributed by atoms with Gasteiger partial charge in [0, 0.05) is 11.0 Å². The SMILES string of the molecule is CC1(C)c2ccccc2-c2c1ccc1c2Oc2ccccc2S1. The van der Waals surface area contributed by atoms with Crippen LogP contribution >= 0.6 is 11.8 Å². The Morgan fingerprint density at radius 1 is 0.783 bits per heavy atom. The van der Waals surface area contributed by atoms with E-state index in [2.05, 4.69) is 68.4 Å². The number of benzene rings is 3. The zero-order chi connectivity index (χ0) is 15.6. The first-order valence-corrected chi connectivity index (χ1v) is 8.70. The smallest absolute Gasteiger partial charge is 0.149 e. The van der Waals surface area contributed by atoms with Crippen LogP contribution in [0.4, 0.5) is 0 Å². The van der Waals surface area contributed by atoms with Gasteiger partial charge in [0.25, 0.3) is 0 Å². The van der Waals surface area contributed by atoms with Crippen molar-refractivity contribution >= 4 is 11.8 Å². The molecule has 1 aliphatic carbocycles. The first-order chi connectivity index (χ1) is 11.2. The molecule has 23 heavy (non-hydrogen) atoms. The van der Waals surface area contributed by atoms with Gasteiger partial charge in [-0.25, -0.2) is 0 Å². The maximum atomic E-state index is 6.35. The van der Waals surface area contributed by atoms with Gasteiger partial charge in [-0.05, 0) is 34.9 Å². The third-order valence-electron chi connectivity index (χ3n) is 4.95.